The van der Waals surface area contributed by atoms with Crippen LogP contribution >= 0.6 is 23.2 Å². The van der Waals surface area contributed by atoms with E-state index in [1.165, 1.54) is 0 Å². The third-order valence-corrected chi connectivity index (χ3v) is 3.62. The van der Waals surface area contributed by atoms with Gasteiger partial charge in [0, 0.05) is 28.7 Å². The Labute approximate surface area is 124 Å². The number of benzene rings is 1. The summed E-state index contributed by atoms with van der Waals surface area (Å²) in [6.07, 6.45) is 0. The molecule has 0 aliphatic heterocycles. The van der Waals surface area contributed by atoms with E-state index < -0.39 is 0 Å². The maximum absolute atomic E-state index is 6.30. The molecular formula is C15H18Cl2N2. The van der Waals surface area contributed by atoms with Gasteiger partial charge in [-0.25, -0.2) is 0 Å². The van der Waals surface area contributed by atoms with Crippen LogP contribution in [0.4, 0.5) is 5.69 Å². The topological polar surface area (TPSA) is 24.9 Å². The average Bonchev–Trinajstić information content (AvgIpc) is 2.33. The number of rotatable bonds is 2. The molecule has 0 atom stereocenters. The first-order valence-electron chi connectivity index (χ1n) is 6.37. The predicted molar refractivity (Wildman–Crippen MR) is 84.6 cm³/mol. The van der Waals surface area contributed by atoms with E-state index in [2.05, 4.69) is 39.1 Å². The van der Waals surface area contributed by atoms with Gasteiger partial charge in [-0.3, -0.25) is 4.98 Å². The van der Waals surface area contributed by atoms with Crippen LogP contribution in [0.15, 0.2) is 18.2 Å². The number of pyridine rings is 1. The zero-order valence-electron chi connectivity index (χ0n) is 11.6. The van der Waals surface area contributed by atoms with Crippen molar-refractivity contribution in [2.45, 2.75) is 33.1 Å². The van der Waals surface area contributed by atoms with Gasteiger partial charge in [0.2, 0.25) is 0 Å². The van der Waals surface area contributed by atoms with Gasteiger partial charge in [-0.15, -0.1) is 0 Å². The molecule has 1 N–H and O–H groups in total. The predicted octanol–water partition coefficient (Wildman–Crippen LogP) is 5.27. The fraction of sp³-hybridized carbons (Fsp3) is 0.400. The van der Waals surface area contributed by atoms with Gasteiger partial charge in [-0.1, -0.05) is 44.0 Å². The molecule has 1 heterocycles. The highest BCUT2D eigenvalue weighted by Gasteiger charge is 2.19. The summed E-state index contributed by atoms with van der Waals surface area (Å²) in [5, 5.41) is 5.54. The van der Waals surface area contributed by atoms with Crippen LogP contribution in [0.25, 0.3) is 10.9 Å². The molecule has 102 valence electrons. The van der Waals surface area contributed by atoms with Gasteiger partial charge in [-0.05, 0) is 25.1 Å². The first-order chi connectivity index (χ1) is 8.84. The number of halogens is 2. The Balaban J connectivity index is 2.83. The number of aromatic nitrogens is 1. The molecule has 0 aliphatic rings. The minimum Gasteiger partial charge on any atom is -0.385 e. The van der Waals surface area contributed by atoms with Gasteiger partial charge < -0.3 is 5.32 Å². The second-order valence-electron chi connectivity index (χ2n) is 5.59. The van der Waals surface area contributed by atoms with E-state index >= 15 is 0 Å². The lowest BCUT2D eigenvalue weighted by atomic mass is 9.90. The van der Waals surface area contributed by atoms with E-state index in [1.807, 2.05) is 6.07 Å². The lowest BCUT2D eigenvalue weighted by Gasteiger charge is -2.21. The lowest BCUT2D eigenvalue weighted by molar-refractivity contribution is 0.572. The van der Waals surface area contributed by atoms with E-state index in [0.717, 1.165) is 28.8 Å². The summed E-state index contributed by atoms with van der Waals surface area (Å²) in [7, 11) is 0. The first kappa shape index (κ1) is 14.4. The largest absolute Gasteiger partial charge is 0.385 e. The summed E-state index contributed by atoms with van der Waals surface area (Å²) in [5.74, 6) is 0. The summed E-state index contributed by atoms with van der Waals surface area (Å²) in [6, 6.07) is 5.67. The van der Waals surface area contributed by atoms with Crippen LogP contribution < -0.4 is 5.32 Å². The van der Waals surface area contributed by atoms with Gasteiger partial charge in [0.25, 0.3) is 0 Å². The number of nitrogens with zero attached hydrogens (tertiary/aromatic N) is 1. The second-order valence-corrected chi connectivity index (χ2v) is 6.40. The Morgan fingerprint density at radius 1 is 1.16 bits per heavy atom. The maximum Gasteiger partial charge on any atom is 0.0927 e. The molecule has 0 fully saturated rings. The van der Waals surface area contributed by atoms with Crippen LogP contribution in [0, 0.1) is 0 Å². The van der Waals surface area contributed by atoms with Gasteiger partial charge in [0.05, 0.1) is 15.6 Å². The van der Waals surface area contributed by atoms with Gasteiger partial charge in [0.15, 0.2) is 0 Å². The van der Waals surface area contributed by atoms with Crippen molar-refractivity contribution in [1.29, 1.82) is 0 Å². The average molecular weight is 297 g/mol. The molecule has 0 spiro atoms. The Bertz CT molecular complexity index is 616. The Kier molecular flexibility index (Phi) is 3.93. The zero-order chi connectivity index (χ0) is 14.2. The molecule has 1 aromatic carbocycles. The Morgan fingerprint density at radius 3 is 2.37 bits per heavy atom. The Hall–Kier alpha value is -0.990. The van der Waals surface area contributed by atoms with E-state index in [1.54, 1.807) is 6.07 Å². The van der Waals surface area contributed by atoms with Crippen molar-refractivity contribution >= 4 is 39.8 Å². The third kappa shape index (κ3) is 2.80. The molecule has 2 rings (SSSR count). The second kappa shape index (κ2) is 5.18. The lowest BCUT2D eigenvalue weighted by Crippen LogP contribution is -2.14. The van der Waals surface area contributed by atoms with Crippen LogP contribution in [-0.4, -0.2) is 11.5 Å². The third-order valence-electron chi connectivity index (χ3n) is 3.00. The molecule has 0 amide bonds. The van der Waals surface area contributed by atoms with Gasteiger partial charge >= 0.3 is 0 Å². The number of fused-ring (bicyclic) bond motifs is 1. The summed E-state index contributed by atoms with van der Waals surface area (Å²) in [4.78, 5) is 4.69. The van der Waals surface area contributed by atoms with Crippen LogP contribution in [0.1, 0.15) is 33.4 Å². The van der Waals surface area contributed by atoms with Crippen molar-refractivity contribution in [2.75, 3.05) is 11.9 Å². The van der Waals surface area contributed by atoms with E-state index in [4.69, 9.17) is 28.2 Å². The molecule has 2 nitrogen and oxygen atoms in total. The van der Waals surface area contributed by atoms with Crippen molar-refractivity contribution in [2.24, 2.45) is 0 Å². The molecule has 1 aromatic heterocycles. The standard InChI is InChI=1S/C15H18Cl2N2/c1-5-18-11-8-12(15(2,3)4)19-14-10(17)7-6-9(16)13(11)14/h6-8H,5H2,1-4H3,(H,18,19). The fourth-order valence-electron chi connectivity index (χ4n) is 1.98. The quantitative estimate of drug-likeness (QED) is 0.816. The van der Waals surface area contributed by atoms with Crippen LogP contribution in [0.3, 0.4) is 0 Å². The van der Waals surface area contributed by atoms with Crippen molar-refractivity contribution in [3.05, 3.63) is 33.9 Å². The number of nitrogens with one attached hydrogen (secondary N) is 1. The van der Waals surface area contributed by atoms with Gasteiger partial charge in [0.1, 0.15) is 0 Å². The number of hydrogen-bond acceptors (Lipinski definition) is 2. The monoisotopic (exact) mass is 296 g/mol. The molecule has 0 saturated carbocycles. The highest BCUT2D eigenvalue weighted by Crippen LogP contribution is 2.36. The normalized spacial score (nSPS) is 11.9. The molecule has 0 saturated heterocycles. The number of anilines is 1. The zero-order valence-corrected chi connectivity index (χ0v) is 13.2. The SMILES string of the molecule is CCNc1cc(C(C)(C)C)nc2c(Cl)ccc(Cl)c12. The summed E-state index contributed by atoms with van der Waals surface area (Å²) < 4.78 is 0. The maximum atomic E-state index is 6.30. The first-order valence-corrected chi connectivity index (χ1v) is 7.13. The number of hydrogen-bond donors (Lipinski definition) is 1. The van der Waals surface area contributed by atoms with E-state index in [9.17, 15) is 0 Å². The van der Waals surface area contributed by atoms with Crippen molar-refractivity contribution in [3.63, 3.8) is 0 Å². The summed E-state index contributed by atoms with van der Waals surface area (Å²) in [5.41, 5.74) is 2.71. The molecule has 0 aliphatic carbocycles. The van der Waals surface area contributed by atoms with Gasteiger partial charge in [-0.2, -0.15) is 0 Å². The van der Waals surface area contributed by atoms with Crippen molar-refractivity contribution in [1.82, 2.24) is 4.98 Å². The highest BCUT2D eigenvalue weighted by atomic mass is 35.5. The molecule has 4 heteroatoms. The minimum absolute atomic E-state index is 0.0377. The minimum atomic E-state index is -0.0377. The van der Waals surface area contributed by atoms with E-state index in [-0.39, 0.29) is 5.41 Å². The highest BCUT2D eigenvalue weighted by molar-refractivity contribution is 6.40. The molecule has 0 unspecified atom stereocenters. The summed E-state index contributed by atoms with van der Waals surface area (Å²) in [6.45, 7) is 9.28. The molecule has 19 heavy (non-hydrogen) atoms. The molecule has 0 radical (unpaired) electrons. The molecular weight excluding hydrogens is 279 g/mol. The smallest absolute Gasteiger partial charge is 0.0927 e. The Morgan fingerprint density at radius 2 is 1.79 bits per heavy atom. The molecule has 0 bridgehead atoms. The van der Waals surface area contributed by atoms with E-state index in [0.29, 0.717) is 10.0 Å². The van der Waals surface area contributed by atoms with Crippen LogP contribution in [-0.2, 0) is 5.41 Å². The van der Waals surface area contributed by atoms with Crippen LogP contribution in [0.5, 0.6) is 0 Å². The summed E-state index contributed by atoms with van der Waals surface area (Å²) >= 11 is 12.6. The van der Waals surface area contributed by atoms with Crippen LogP contribution in [0.2, 0.25) is 10.0 Å². The fourth-order valence-corrected chi connectivity index (χ4v) is 2.44. The molecule has 2 aromatic rings. The van der Waals surface area contributed by atoms with Crippen molar-refractivity contribution < 1.29 is 0 Å². The van der Waals surface area contributed by atoms with Crippen molar-refractivity contribution in [3.8, 4) is 0 Å².